The third-order valence-corrected chi connectivity index (χ3v) is 4.64. The van der Waals surface area contributed by atoms with Gasteiger partial charge in [0.2, 0.25) is 0 Å². The Morgan fingerprint density at radius 2 is 1.80 bits per heavy atom. The molecule has 0 aromatic rings. The first-order chi connectivity index (χ1) is 6.91. The lowest BCUT2D eigenvalue weighted by Crippen LogP contribution is -2.12. The highest BCUT2D eigenvalue weighted by Gasteiger charge is 2.63. The second-order valence-electron chi connectivity index (χ2n) is 4.42. The number of rotatable bonds is 5. The van der Waals surface area contributed by atoms with Gasteiger partial charge in [-0.05, 0) is 11.8 Å². The van der Waals surface area contributed by atoms with Crippen molar-refractivity contribution in [3.63, 3.8) is 0 Å². The monoisotopic (exact) mass is 231 g/mol. The van der Waals surface area contributed by atoms with Crippen LogP contribution in [0.2, 0.25) is 0 Å². The molecule has 2 atom stereocenters. The summed E-state index contributed by atoms with van der Waals surface area (Å²) in [7, 11) is -4.01. The van der Waals surface area contributed by atoms with E-state index in [-0.39, 0.29) is 12.6 Å². The third-order valence-electron chi connectivity index (χ3n) is 3.64. The Morgan fingerprint density at radius 1 is 1.33 bits per heavy atom. The molecule has 1 saturated carbocycles. The van der Waals surface area contributed by atoms with Crippen molar-refractivity contribution in [2.75, 3.05) is 6.16 Å². The quantitative estimate of drug-likeness (QED) is 0.710. The van der Waals surface area contributed by atoms with Crippen LogP contribution in [0.15, 0.2) is 0 Å². The molecule has 2 unspecified atom stereocenters. The lowest BCUT2D eigenvalue weighted by Gasteiger charge is -2.15. The molecule has 0 aromatic heterocycles. The number of nitrogens with zero attached hydrogens (tertiary/aromatic N) is 1. The highest BCUT2D eigenvalue weighted by molar-refractivity contribution is 7.51. The van der Waals surface area contributed by atoms with Gasteiger partial charge in [-0.3, -0.25) is 4.57 Å². The third kappa shape index (κ3) is 2.42. The van der Waals surface area contributed by atoms with Gasteiger partial charge in [-0.25, -0.2) is 0 Å². The Balaban J connectivity index is 2.83. The molecule has 5 heteroatoms. The average molecular weight is 231 g/mol. The lowest BCUT2D eigenvalue weighted by atomic mass is 9.99. The summed E-state index contributed by atoms with van der Waals surface area (Å²) in [5.41, 5.74) is -0.405. The molecule has 86 valence electrons. The second kappa shape index (κ2) is 4.25. The molecule has 0 bridgehead atoms. The van der Waals surface area contributed by atoms with Crippen LogP contribution >= 0.6 is 7.60 Å². The number of hydrogen-bond acceptors (Lipinski definition) is 2. The molecular formula is C10H18NO3P. The summed E-state index contributed by atoms with van der Waals surface area (Å²) in [6, 6.07) is 2.08. The molecule has 15 heavy (non-hydrogen) atoms. The summed E-state index contributed by atoms with van der Waals surface area (Å²) < 4.78 is 11.1. The van der Waals surface area contributed by atoms with Crippen LogP contribution in [0, 0.1) is 28.6 Å². The van der Waals surface area contributed by atoms with Crippen molar-refractivity contribution in [3.05, 3.63) is 0 Å². The minimum absolute atomic E-state index is 0.120. The van der Waals surface area contributed by atoms with Gasteiger partial charge in [0.25, 0.3) is 0 Å². The van der Waals surface area contributed by atoms with E-state index >= 15 is 0 Å². The Bertz CT molecular complexity index is 307. The fourth-order valence-corrected chi connectivity index (χ4v) is 4.48. The molecule has 1 aliphatic rings. The first-order valence-electron chi connectivity index (χ1n) is 5.32. The molecule has 0 amide bonds. The zero-order valence-corrected chi connectivity index (χ0v) is 10.1. The van der Waals surface area contributed by atoms with Gasteiger partial charge in [0.05, 0.1) is 12.2 Å². The Morgan fingerprint density at radius 3 is 2.07 bits per heavy atom. The van der Waals surface area contributed by atoms with Gasteiger partial charge < -0.3 is 9.79 Å². The summed E-state index contributed by atoms with van der Waals surface area (Å²) in [4.78, 5) is 18.1. The molecule has 1 rings (SSSR count). The van der Waals surface area contributed by atoms with Crippen molar-refractivity contribution >= 4 is 7.60 Å². The van der Waals surface area contributed by atoms with Crippen molar-refractivity contribution in [2.45, 2.75) is 33.1 Å². The molecule has 0 aliphatic heterocycles. The minimum Gasteiger partial charge on any atom is -0.324 e. The highest BCUT2D eigenvalue weighted by atomic mass is 31.2. The summed E-state index contributed by atoms with van der Waals surface area (Å²) in [6.07, 6.45) is 1.96. The highest BCUT2D eigenvalue weighted by Crippen LogP contribution is 2.68. The summed E-state index contributed by atoms with van der Waals surface area (Å²) in [6.45, 7) is 4.04. The molecule has 1 aliphatic carbocycles. The van der Waals surface area contributed by atoms with E-state index in [1.54, 1.807) is 0 Å². The molecule has 0 aromatic carbocycles. The summed E-state index contributed by atoms with van der Waals surface area (Å²) >= 11 is 0. The van der Waals surface area contributed by atoms with Gasteiger partial charge in [-0.1, -0.05) is 26.7 Å². The van der Waals surface area contributed by atoms with Gasteiger partial charge in [-0.2, -0.15) is 5.26 Å². The van der Waals surface area contributed by atoms with Crippen LogP contribution in [0.5, 0.6) is 0 Å². The van der Waals surface area contributed by atoms with E-state index in [0.29, 0.717) is 11.8 Å². The van der Waals surface area contributed by atoms with E-state index in [2.05, 4.69) is 6.07 Å². The van der Waals surface area contributed by atoms with E-state index in [4.69, 9.17) is 15.0 Å². The van der Waals surface area contributed by atoms with Gasteiger partial charge in [0.1, 0.15) is 0 Å². The molecular weight excluding hydrogens is 213 g/mol. The first kappa shape index (κ1) is 12.7. The molecule has 4 nitrogen and oxygen atoms in total. The molecule has 2 N–H and O–H groups in total. The fraction of sp³-hybridized carbons (Fsp3) is 0.900. The molecule has 0 heterocycles. The summed E-state index contributed by atoms with van der Waals surface area (Å²) in [5.74, 6) is 0.629. The Kier molecular flexibility index (Phi) is 3.60. The van der Waals surface area contributed by atoms with Gasteiger partial charge >= 0.3 is 7.60 Å². The lowest BCUT2D eigenvalue weighted by molar-refractivity contribution is 0.347. The van der Waals surface area contributed by atoms with Gasteiger partial charge in [0, 0.05) is 11.8 Å². The van der Waals surface area contributed by atoms with Crippen molar-refractivity contribution in [1.29, 1.82) is 5.26 Å². The largest absolute Gasteiger partial charge is 0.326 e. The second-order valence-corrected chi connectivity index (χ2v) is 6.07. The van der Waals surface area contributed by atoms with Crippen molar-refractivity contribution < 1.29 is 14.4 Å². The fourth-order valence-electron chi connectivity index (χ4n) is 3.14. The Hall–Kier alpha value is -0.360. The van der Waals surface area contributed by atoms with Crippen LogP contribution in [0.1, 0.15) is 33.1 Å². The smallest absolute Gasteiger partial charge is 0.324 e. The number of nitriles is 1. The van der Waals surface area contributed by atoms with Crippen molar-refractivity contribution in [3.8, 4) is 6.07 Å². The maximum absolute atomic E-state index is 11.1. The van der Waals surface area contributed by atoms with Gasteiger partial charge in [-0.15, -0.1) is 0 Å². The van der Waals surface area contributed by atoms with Crippen molar-refractivity contribution in [2.24, 2.45) is 17.3 Å². The van der Waals surface area contributed by atoms with Crippen LogP contribution in [-0.2, 0) is 4.57 Å². The first-order valence-corrected chi connectivity index (χ1v) is 7.12. The van der Waals surface area contributed by atoms with Crippen LogP contribution in [0.3, 0.4) is 0 Å². The molecule has 1 fully saturated rings. The summed E-state index contributed by atoms with van der Waals surface area (Å²) in [5, 5.41) is 8.76. The maximum atomic E-state index is 11.1. The maximum Gasteiger partial charge on any atom is 0.326 e. The van der Waals surface area contributed by atoms with E-state index in [1.165, 1.54) is 0 Å². The van der Waals surface area contributed by atoms with Gasteiger partial charge in [0.15, 0.2) is 0 Å². The topological polar surface area (TPSA) is 81.3 Å². The zero-order chi connectivity index (χ0) is 11.7. The Labute approximate surface area is 90.5 Å². The van der Waals surface area contributed by atoms with E-state index in [0.717, 1.165) is 12.8 Å². The zero-order valence-electron chi connectivity index (χ0n) is 9.18. The van der Waals surface area contributed by atoms with E-state index in [9.17, 15) is 4.57 Å². The van der Waals surface area contributed by atoms with E-state index < -0.39 is 13.0 Å². The average Bonchev–Trinajstić information content (AvgIpc) is 2.68. The predicted octanol–water partition coefficient (Wildman–Crippen LogP) is 2.13. The molecule has 0 radical (unpaired) electrons. The van der Waals surface area contributed by atoms with E-state index in [1.807, 2.05) is 13.8 Å². The predicted molar refractivity (Wildman–Crippen MR) is 57.1 cm³/mol. The number of hydrogen-bond donors (Lipinski definition) is 2. The standard InChI is InChI=1S/C10H18NO3P/c1-3-8-9(4-2)10(8,5-6-11)7-15(12,13)14/h8-9H,3-5,7H2,1-2H3,(H2,12,13,14). The van der Waals surface area contributed by atoms with Crippen LogP contribution in [-0.4, -0.2) is 15.9 Å². The molecule has 0 spiro atoms. The van der Waals surface area contributed by atoms with Crippen LogP contribution < -0.4 is 0 Å². The molecule has 0 saturated heterocycles. The van der Waals surface area contributed by atoms with Crippen LogP contribution in [0.4, 0.5) is 0 Å². The normalized spacial score (nSPS) is 34.9. The van der Waals surface area contributed by atoms with Crippen LogP contribution in [0.25, 0.3) is 0 Å². The SMILES string of the molecule is CCC1C(CC)C1(CC#N)CP(=O)(O)O. The van der Waals surface area contributed by atoms with Crippen molar-refractivity contribution in [1.82, 2.24) is 0 Å². The minimum atomic E-state index is -4.01.